The molecule has 0 atom stereocenters. The number of amides is 1. The van der Waals surface area contributed by atoms with E-state index in [-0.39, 0.29) is 5.76 Å². The monoisotopic (exact) mass is 339 g/mol. The van der Waals surface area contributed by atoms with Gasteiger partial charge in [0.25, 0.3) is 0 Å². The molecule has 0 saturated carbocycles. The first-order valence-electron chi connectivity index (χ1n) is 8.08. The summed E-state index contributed by atoms with van der Waals surface area (Å²) in [6.07, 6.45) is 3.62. The average Bonchev–Trinajstić information content (AvgIpc) is 3.17. The number of rotatable bonds is 5. The van der Waals surface area contributed by atoms with Gasteiger partial charge >= 0.3 is 5.91 Å². The van der Waals surface area contributed by atoms with Crippen molar-refractivity contribution in [3.63, 3.8) is 0 Å². The van der Waals surface area contributed by atoms with Gasteiger partial charge in [0.15, 0.2) is 17.1 Å². The van der Waals surface area contributed by atoms with Crippen LogP contribution in [0, 0.1) is 6.92 Å². The van der Waals surface area contributed by atoms with Gasteiger partial charge < -0.3 is 13.7 Å². The first-order chi connectivity index (χ1) is 12.0. The SMILES string of the molecule is COc1cccc2cc(C(=O)N/N=C\c3cc(C)n(C(C)C)c3)oc12. The van der Waals surface area contributed by atoms with Crippen molar-refractivity contribution < 1.29 is 13.9 Å². The Morgan fingerprint density at radius 1 is 1.36 bits per heavy atom. The lowest BCUT2D eigenvalue weighted by Crippen LogP contribution is -2.16. The highest BCUT2D eigenvalue weighted by molar-refractivity contribution is 5.97. The van der Waals surface area contributed by atoms with Crippen molar-refractivity contribution in [1.82, 2.24) is 9.99 Å². The Hall–Kier alpha value is -3.02. The molecule has 3 rings (SSSR count). The van der Waals surface area contributed by atoms with E-state index in [1.807, 2.05) is 31.3 Å². The van der Waals surface area contributed by atoms with Crippen LogP contribution in [0.5, 0.6) is 5.75 Å². The molecule has 0 fully saturated rings. The van der Waals surface area contributed by atoms with Gasteiger partial charge in [-0.15, -0.1) is 0 Å². The molecule has 0 unspecified atom stereocenters. The number of furan rings is 1. The van der Waals surface area contributed by atoms with Crippen LogP contribution in [0.1, 0.15) is 41.7 Å². The van der Waals surface area contributed by atoms with Gasteiger partial charge in [-0.2, -0.15) is 5.10 Å². The Morgan fingerprint density at radius 2 is 2.16 bits per heavy atom. The largest absolute Gasteiger partial charge is 0.493 e. The zero-order valence-electron chi connectivity index (χ0n) is 14.7. The Balaban J connectivity index is 1.73. The van der Waals surface area contributed by atoms with Crippen LogP contribution in [-0.4, -0.2) is 23.8 Å². The highest BCUT2D eigenvalue weighted by Crippen LogP contribution is 2.28. The van der Waals surface area contributed by atoms with E-state index in [1.165, 1.54) is 0 Å². The molecule has 3 aromatic rings. The number of hydrazone groups is 1. The number of fused-ring (bicyclic) bond motifs is 1. The molecule has 1 amide bonds. The van der Waals surface area contributed by atoms with E-state index in [0.717, 1.165) is 16.6 Å². The summed E-state index contributed by atoms with van der Waals surface area (Å²) in [5.41, 5.74) is 5.11. The van der Waals surface area contributed by atoms with Crippen molar-refractivity contribution in [2.24, 2.45) is 5.10 Å². The van der Waals surface area contributed by atoms with Gasteiger partial charge in [0, 0.05) is 28.9 Å². The number of aromatic nitrogens is 1. The summed E-state index contributed by atoms with van der Waals surface area (Å²) >= 11 is 0. The van der Waals surface area contributed by atoms with Crippen LogP contribution < -0.4 is 10.2 Å². The second-order valence-corrected chi connectivity index (χ2v) is 6.10. The lowest BCUT2D eigenvalue weighted by molar-refractivity contribution is 0.0929. The van der Waals surface area contributed by atoms with Crippen LogP contribution in [0.3, 0.4) is 0 Å². The molecule has 0 bridgehead atoms. The summed E-state index contributed by atoms with van der Waals surface area (Å²) in [5.74, 6) is 0.368. The van der Waals surface area contributed by atoms with E-state index in [9.17, 15) is 4.79 Å². The number of benzene rings is 1. The lowest BCUT2D eigenvalue weighted by Gasteiger charge is -2.08. The van der Waals surface area contributed by atoms with Gasteiger partial charge in [-0.1, -0.05) is 12.1 Å². The number of para-hydroxylation sites is 1. The van der Waals surface area contributed by atoms with Gasteiger partial charge in [-0.25, -0.2) is 5.43 Å². The molecule has 1 aromatic carbocycles. The van der Waals surface area contributed by atoms with E-state index >= 15 is 0 Å². The number of hydrogen-bond donors (Lipinski definition) is 1. The highest BCUT2D eigenvalue weighted by Gasteiger charge is 2.14. The molecule has 0 saturated heterocycles. The summed E-state index contributed by atoms with van der Waals surface area (Å²) in [5, 5.41) is 4.82. The van der Waals surface area contributed by atoms with Crippen LogP contribution in [-0.2, 0) is 0 Å². The summed E-state index contributed by atoms with van der Waals surface area (Å²) in [7, 11) is 1.56. The molecule has 0 aliphatic carbocycles. The number of methoxy groups -OCH3 is 1. The number of aryl methyl sites for hydroxylation is 1. The van der Waals surface area contributed by atoms with E-state index in [1.54, 1.807) is 25.5 Å². The van der Waals surface area contributed by atoms with E-state index < -0.39 is 5.91 Å². The van der Waals surface area contributed by atoms with E-state index in [0.29, 0.717) is 17.4 Å². The third-order valence-electron chi connectivity index (χ3n) is 3.96. The predicted molar refractivity (Wildman–Crippen MR) is 97.4 cm³/mol. The van der Waals surface area contributed by atoms with Crippen molar-refractivity contribution in [2.45, 2.75) is 26.8 Å². The zero-order chi connectivity index (χ0) is 18.0. The molecule has 25 heavy (non-hydrogen) atoms. The summed E-state index contributed by atoms with van der Waals surface area (Å²) in [6, 6.07) is 9.55. The predicted octanol–water partition coefficient (Wildman–Crippen LogP) is 3.90. The molecule has 130 valence electrons. The van der Waals surface area contributed by atoms with Crippen LogP contribution in [0.15, 0.2) is 46.0 Å². The lowest BCUT2D eigenvalue weighted by atomic mass is 10.2. The molecule has 6 nitrogen and oxygen atoms in total. The topological polar surface area (TPSA) is 68.8 Å². The quantitative estimate of drug-likeness (QED) is 0.566. The molecular formula is C19H21N3O3. The van der Waals surface area contributed by atoms with Gasteiger partial charge in [-0.05, 0) is 39.0 Å². The van der Waals surface area contributed by atoms with Gasteiger partial charge in [0.05, 0.1) is 13.3 Å². The van der Waals surface area contributed by atoms with Crippen molar-refractivity contribution in [3.8, 4) is 5.75 Å². The molecule has 6 heteroatoms. The first-order valence-corrected chi connectivity index (χ1v) is 8.08. The smallest absolute Gasteiger partial charge is 0.307 e. The second-order valence-electron chi connectivity index (χ2n) is 6.10. The van der Waals surface area contributed by atoms with Crippen molar-refractivity contribution in [3.05, 3.63) is 53.5 Å². The zero-order valence-corrected chi connectivity index (χ0v) is 14.7. The highest BCUT2D eigenvalue weighted by atomic mass is 16.5. The number of carbonyl (C=O) groups excluding carboxylic acids is 1. The molecule has 0 aliphatic rings. The Bertz CT molecular complexity index is 935. The number of ether oxygens (including phenoxy) is 1. The van der Waals surface area contributed by atoms with Gasteiger partial charge in [0.1, 0.15) is 0 Å². The number of nitrogens with one attached hydrogen (secondary N) is 1. The van der Waals surface area contributed by atoms with Gasteiger partial charge in [-0.3, -0.25) is 4.79 Å². The number of nitrogens with zero attached hydrogens (tertiary/aromatic N) is 2. The molecule has 0 spiro atoms. The standard InChI is InChI=1S/C19H21N3O3/c1-12(2)22-11-14(8-13(22)3)10-20-21-19(23)17-9-15-6-5-7-16(24-4)18(15)25-17/h5-12H,1-4H3,(H,21,23)/b20-10-. The maximum Gasteiger partial charge on any atom is 0.307 e. The molecule has 2 aromatic heterocycles. The minimum Gasteiger partial charge on any atom is -0.493 e. The molecule has 1 N–H and O–H groups in total. The maximum absolute atomic E-state index is 12.2. The van der Waals surface area contributed by atoms with Crippen molar-refractivity contribution >= 4 is 23.1 Å². The molecule has 0 aliphatic heterocycles. The van der Waals surface area contributed by atoms with E-state index in [4.69, 9.17) is 9.15 Å². The van der Waals surface area contributed by atoms with Crippen molar-refractivity contribution in [1.29, 1.82) is 0 Å². The summed E-state index contributed by atoms with van der Waals surface area (Å²) < 4.78 is 13.0. The maximum atomic E-state index is 12.2. The first kappa shape index (κ1) is 16.8. The Kier molecular flexibility index (Phi) is 4.61. The number of hydrogen-bond acceptors (Lipinski definition) is 4. The molecule has 2 heterocycles. The average molecular weight is 339 g/mol. The van der Waals surface area contributed by atoms with Crippen LogP contribution in [0.25, 0.3) is 11.0 Å². The van der Waals surface area contributed by atoms with Crippen molar-refractivity contribution in [2.75, 3.05) is 7.11 Å². The molecular weight excluding hydrogens is 318 g/mol. The number of carbonyl (C=O) groups is 1. The second kappa shape index (κ2) is 6.84. The third kappa shape index (κ3) is 3.42. The van der Waals surface area contributed by atoms with Crippen LogP contribution in [0.4, 0.5) is 0 Å². The summed E-state index contributed by atoms with van der Waals surface area (Å²) in [4.78, 5) is 12.2. The van der Waals surface area contributed by atoms with Gasteiger partial charge in [0.2, 0.25) is 0 Å². The minimum atomic E-state index is -0.408. The fourth-order valence-electron chi connectivity index (χ4n) is 2.77. The molecule has 0 radical (unpaired) electrons. The Labute approximate surface area is 146 Å². The Morgan fingerprint density at radius 3 is 2.84 bits per heavy atom. The normalized spacial score (nSPS) is 11.6. The fraction of sp³-hybridized carbons (Fsp3) is 0.263. The van der Waals surface area contributed by atoms with Crippen LogP contribution in [0.2, 0.25) is 0 Å². The fourth-order valence-corrected chi connectivity index (χ4v) is 2.77. The third-order valence-corrected chi connectivity index (χ3v) is 3.96. The van der Waals surface area contributed by atoms with Crippen LogP contribution >= 0.6 is 0 Å². The summed E-state index contributed by atoms with van der Waals surface area (Å²) in [6.45, 7) is 6.27. The minimum absolute atomic E-state index is 0.188. The van der Waals surface area contributed by atoms with E-state index in [2.05, 4.69) is 28.9 Å².